The molecule has 0 aromatic heterocycles. The monoisotopic (exact) mass is 824 g/mol. The summed E-state index contributed by atoms with van der Waals surface area (Å²) in [5, 5.41) is 4.75. The number of anilines is 2. The number of likely N-dealkylation sites (N-methyl/N-ethyl adjacent to an activating group) is 2. The Labute approximate surface area is 333 Å². The summed E-state index contributed by atoms with van der Waals surface area (Å²) in [5.74, 6) is -11.1. The Balaban J connectivity index is 1.44. The number of nitrogens with zero attached hydrogens (tertiary/aromatic N) is 2. The van der Waals surface area contributed by atoms with Crippen LogP contribution in [0, 0.1) is 40.7 Å². The predicted octanol–water partition coefficient (Wildman–Crippen LogP) is 6.69. The normalized spacial score (nSPS) is 11.9. The number of halogens is 7. The Bertz CT molecular complexity index is 2380. The molecule has 5 aromatic carbocycles. The third kappa shape index (κ3) is 10.5. The average Bonchev–Trinajstić information content (AvgIpc) is 3.18. The van der Waals surface area contributed by atoms with Crippen LogP contribution in [0.15, 0.2) is 91.0 Å². The Morgan fingerprint density at radius 1 is 0.525 bits per heavy atom. The number of nitrogens with one attached hydrogen (secondary N) is 2. The summed E-state index contributed by atoms with van der Waals surface area (Å²) < 4.78 is 111. The fraction of sp³-hybridized carbons (Fsp3) is 0.190. The van der Waals surface area contributed by atoms with Crippen molar-refractivity contribution in [1.29, 1.82) is 0 Å². The third-order valence-electron chi connectivity index (χ3n) is 9.11. The highest BCUT2D eigenvalue weighted by atomic mass is 19.2. The van der Waals surface area contributed by atoms with E-state index in [1.54, 1.807) is 0 Å². The van der Waals surface area contributed by atoms with Crippen molar-refractivity contribution in [1.82, 2.24) is 10.6 Å². The maximum atomic E-state index is 15.3. The smallest absolute Gasteiger partial charge is 0.254 e. The molecule has 4 amide bonds. The minimum atomic E-state index is -1.65. The van der Waals surface area contributed by atoms with E-state index in [1.807, 2.05) is 0 Å². The second kappa shape index (κ2) is 18.6. The van der Waals surface area contributed by atoms with Gasteiger partial charge in [-0.3, -0.25) is 19.2 Å². The zero-order valence-corrected chi connectivity index (χ0v) is 31.7. The molecule has 0 saturated carbocycles. The molecule has 0 radical (unpaired) electrons. The third-order valence-corrected chi connectivity index (χ3v) is 9.11. The predicted molar refractivity (Wildman–Crippen MR) is 202 cm³/mol. The van der Waals surface area contributed by atoms with Gasteiger partial charge in [-0.25, -0.2) is 30.7 Å². The molecule has 0 bridgehead atoms. The molecule has 10 nitrogen and oxygen atoms in total. The number of carbonyl (C=O) groups is 4. The van der Waals surface area contributed by atoms with E-state index >= 15 is 4.39 Å². The van der Waals surface area contributed by atoms with E-state index in [-0.39, 0.29) is 39.6 Å². The molecule has 17 heteroatoms. The van der Waals surface area contributed by atoms with Gasteiger partial charge in [-0.05, 0) is 77.9 Å². The number of benzene rings is 5. The lowest BCUT2D eigenvalue weighted by molar-refractivity contribution is -0.120. The molecule has 2 N–H and O–H groups in total. The van der Waals surface area contributed by atoms with Crippen molar-refractivity contribution in [3.8, 4) is 11.5 Å². The topological polar surface area (TPSA) is 117 Å². The summed E-state index contributed by atoms with van der Waals surface area (Å²) >= 11 is 0. The summed E-state index contributed by atoms with van der Waals surface area (Å²) in [5.41, 5.74) is -1.29. The fourth-order valence-electron chi connectivity index (χ4n) is 6.10. The van der Waals surface area contributed by atoms with Crippen molar-refractivity contribution < 1.29 is 59.4 Å². The van der Waals surface area contributed by atoms with Gasteiger partial charge in [-0.1, -0.05) is 0 Å². The van der Waals surface area contributed by atoms with Crippen molar-refractivity contribution in [3.63, 3.8) is 0 Å². The van der Waals surface area contributed by atoms with Crippen molar-refractivity contribution in [2.45, 2.75) is 24.9 Å². The molecule has 0 fully saturated rings. The fourth-order valence-corrected chi connectivity index (χ4v) is 6.10. The molecule has 2 atom stereocenters. The van der Waals surface area contributed by atoms with E-state index in [0.717, 1.165) is 64.4 Å². The van der Waals surface area contributed by atoms with Crippen molar-refractivity contribution in [2.75, 3.05) is 38.1 Å². The Hall–Kier alpha value is -6.91. The minimum absolute atomic E-state index is 0.00401. The van der Waals surface area contributed by atoms with Crippen LogP contribution in [0.25, 0.3) is 0 Å². The van der Waals surface area contributed by atoms with Gasteiger partial charge in [0.2, 0.25) is 11.8 Å². The van der Waals surface area contributed by atoms with Crippen molar-refractivity contribution >= 4 is 35.0 Å². The van der Waals surface area contributed by atoms with Crippen LogP contribution in [-0.4, -0.2) is 64.0 Å². The molecule has 0 aliphatic heterocycles. The number of rotatable bonds is 14. The first-order valence-corrected chi connectivity index (χ1v) is 17.5. The first-order valence-electron chi connectivity index (χ1n) is 17.5. The molecule has 0 aliphatic rings. The number of hydrogen-bond donors (Lipinski definition) is 2. The summed E-state index contributed by atoms with van der Waals surface area (Å²) in [4.78, 5) is 56.9. The van der Waals surface area contributed by atoms with E-state index in [1.165, 1.54) is 52.6 Å². The van der Waals surface area contributed by atoms with Crippen LogP contribution in [0.1, 0.15) is 31.8 Å². The highest BCUT2D eigenvalue weighted by Gasteiger charge is 2.30. The van der Waals surface area contributed by atoms with Gasteiger partial charge in [0.15, 0.2) is 23.1 Å². The second-order valence-corrected chi connectivity index (χ2v) is 13.1. The first-order chi connectivity index (χ1) is 28.0. The van der Waals surface area contributed by atoms with Crippen molar-refractivity contribution in [3.05, 3.63) is 154 Å². The van der Waals surface area contributed by atoms with Crippen LogP contribution < -0.4 is 29.9 Å². The maximum absolute atomic E-state index is 15.3. The molecule has 0 spiro atoms. The van der Waals surface area contributed by atoms with Gasteiger partial charge in [0.1, 0.15) is 41.2 Å². The zero-order chi connectivity index (χ0) is 43.1. The highest BCUT2D eigenvalue weighted by Crippen LogP contribution is 2.26. The number of ether oxygens (including phenoxy) is 2. The van der Waals surface area contributed by atoms with Gasteiger partial charge in [0.25, 0.3) is 11.8 Å². The number of methoxy groups -OCH3 is 2. The molecule has 308 valence electrons. The largest absolute Gasteiger partial charge is 0.494 e. The van der Waals surface area contributed by atoms with Gasteiger partial charge in [0, 0.05) is 68.1 Å². The van der Waals surface area contributed by atoms with Crippen LogP contribution in [-0.2, 0) is 22.4 Å². The van der Waals surface area contributed by atoms with Gasteiger partial charge in [-0.2, -0.15) is 0 Å². The molecule has 0 saturated heterocycles. The zero-order valence-electron chi connectivity index (χ0n) is 31.7. The molecule has 0 aliphatic carbocycles. The standard InChI is InChI=1S/C42H35F7N4O6/c1-52(29-6-9-37(58-3)33(48)20-29)41(56)35(15-22-11-25(43)18-26(44)12-22)50-39(54)24-5-8-32(47)31(17-24)40(55)51-36(16-23-13-27(45)19-28(46)14-23)42(57)53(2)30-7-10-38(59-4)34(49)21-30/h5-14,17-21,35-36H,15-16H2,1-4H3,(H,50,54)(H,51,55)/t35?,36-/m0/s1. The lowest BCUT2D eigenvalue weighted by atomic mass is 10.0. The lowest BCUT2D eigenvalue weighted by Gasteiger charge is -2.26. The van der Waals surface area contributed by atoms with Gasteiger partial charge in [0.05, 0.1) is 19.8 Å². The maximum Gasteiger partial charge on any atom is 0.254 e. The van der Waals surface area contributed by atoms with E-state index in [4.69, 9.17) is 9.47 Å². The van der Waals surface area contributed by atoms with E-state index in [2.05, 4.69) is 10.6 Å². The van der Waals surface area contributed by atoms with Gasteiger partial charge in [-0.15, -0.1) is 0 Å². The minimum Gasteiger partial charge on any atom is -0.494 e. The Kier molecular flexibility index (Phi) is 13.6. The van der Waals surface area contributed by atoms with Crippen LogP contribution in [0.5, 0.6) is 11.5 Å². The van der Waals surface area contributed by atoms with E-state index in [0.29, 0.717) is 12.1 Å². The van der Waals surface area contributed by atoms with Crippen LogP contribution in [0.3, 0.4) is 0 Å². The molecule has 59 heavy (non-hydrogen) atoms. The molecule has 5 aromatic rings. The van der Waals surface area contributed by atoms with Gasteiger partial charge >= 0.3 is 0 Å². The molecular formula is C42H35F7N4O6. The van der Waals surface area contributed by atoms with Crippen LogP contribution >= 0.6 is 0 Å². The molecule has 1 unspecified atom stereocenters. The average molecular weight is 825 g/mol. The number of amides is 4. The first kappa shape index (κ1) is 43.2. The summed E-state index contributed by atoms with van der Waals surface area (Å²) in [6, 6.07) is 11.3. The SMILES string of the molecule is COc1ccc(N(C)C(=O)C(Cc2cc(F)cc(F)c2)NC(=O)c2ccc(F)c(C(=O)N[C@@H](Cc3cc(F)cc(F)c3)C(=O)N(C)c3ccc(OC)c(F)c3)c2)cc1F. The van der Waals surface area contributed by atoms with Gasteiger partial charge < -0.3 is 29.9 Å². The van der Waals surface area contributed by atoms with E-state index < -0.39 is 94.8 Å². The number of hydrogen-bond acceptors (Lipinski definition) is 6. The lowest BCUT2D eigenvalue weighted by Crippen LogP contribution is -2.49. The Morgan fingerprint density at radius 2 is 0.932 bits per heavy atom. The summed E-state index contributed by atoms with van der Waals surface area (Å²) in [7, 11) is 4.96. The van der Waals surface area contributed by atoms with Crippen molar-refractivity contribution in [2.24, 2.45) is 0 Å². The molecular weight excluding hydrogens is 789 g/mol. The highest BCUT2D eigenvalue weighted by molar-refractivity contribution is 6.05. The second-order valence-electron chi connectivity index (χ2n) is 13.1. The van der Waals surface area contributed by atoms with E-state index in [9.17, 15) is 45.5 Å². The molecule has 5 rings (SSSR count). The van der Waals surface area contributed by atoms with Crippen LogP contribution in [0.2, 0.25) is 0 Å². The quantitative estimate of drug-likeness (QED) is 0.121. The Morgan fingerprint density at radius 3 is 1.32 bits per heavy atom. The number of carbonyl (C=O) groups excluding carboxylic acids is 4. The molecule has 0 heterocycles. The summed E-state index contributed by atoms with van der Waals surface area (Å²) in [6.45, 7) is 0. The summed E-state index contributed by atoms with van der Waals surface area (Å²) in [6.07, 6.45) is -1.01. The van der Waals surface area contributed by atoms with Crippen LogP contribution in [0.4, 0.5) is 42.1 Å².